The van der Waals surface area contributed by atoms with Gasteiger partial charge in [0.1, 0.15) is 9.90 Å². The van der Waals surface area contributed by atoms with E-state index in [-0.39, 0.29) is 15.5 Å². The molecular weight excluding hydrogens is 470 g/mol. The highest BCUT2D eigenvalue weighted by Gasteiger charge is 2.17. The van der Waals surface area contributed by atoms with Crippen molar-refractivity contribution in [1.29, 1.82) is 0 Å². The summed E-state index contributed by atoms with van der Waals surface area (Å²) in [6, 6.07) is 8.86. The van der Waals surface area contributed by atoms with E-state index in [1.807, 2.05) is 0 Å². The zero-order chi connectivity index (χ0) is 20.1. The molecule has 0 aliphatic rings. The molecule has 28 heavy (non-hydrogen) atoms. The topological polar surface area (TPSA) is 130 Å². The predicted molar refractivity (Wildman–Crippen MR) is 106 cm³/mol. The summed E-state index contributed by atoms with van der Waals surface area (Å²) < 4.78 is 27.9. The van der Waals surface area contributed by atoms with Crippen LogP contribution in [0.15, 0.2) is 63.0 Å². The first-order chi connectivity index (χ1) is 13.3. The highest BCUT2D eigenvalue weighted by Crippen LogP contribution is 2.27. The van der Waals surface area contributed by atoms with Crippen molar-refractivity contribution in [2.75, 3.05) is 4.72 Å². The van der Waals surface area contributed by atoms with E-state index in [4.69, 9.17) is 0 Å². The number of nitrogens with one attached hydrogen (secondary N) is 3. The number of hydrazine groups is 1. The zero-order valence-corrected chi connectivity index (χ0v) is 17.1. The lowest BCUT2D eigenvalue weighted by molar-refractivity contribution is 0.0843. The fourth-order valence-corrected chi connectivity index (χ4v) is 5.07. The van der Waals surface area contributed by atoms with E-state index in [1.165, 1.54) is 48.9 Å². The lowest BCUT2D eigenvalue weighted by atomic mass is 10.2. The van der Waals surface area contributed by atoms with E-state index in [2.05, 4.69) is 41.5 Å². The van der Waals surface area contributed by atoms with Gasteiger partial charge in [-0.05, 0) is 52.3 Å². The van der Waals surface area contributed by atoms with Gasteiger partial charge >= 0.3 is 0 Å². The van der Waals surface area contributed by atoms with Crippen molar-refractivity contribution in [3.63, 3.8) is 0 Å². The van der Waals surface area contributed by atoms with Gasteiger partial charge in [-0.3, -0.25) is 30.1 Å². The second-order valence-electron chi connectivity index (χ2n) is 5.24. The van der Waals surface area contributed by atoms with E-state index in [9.17, 15) is 18.0 Å². The largest absolute Gasteiger partial charge is 0.289 e. The molecule has 0 bridgehead atoms. The molecule has 0 fully saturated rings. The molecule has 0 aliphatic heterocycles. The Hall–Kier alpha value is -2.83. The van der Waals surface area contributed by atoms with Crippen LogP contribution in [0.1, 0.15) is 20.8 Å². The first kappa shape index (κ1) is 19.9. The molecule has 144 valence electrons. The molecule has 0 unspecified atom stereocenters. The van der Waals surface area contributed by atoms with Gasteiger partial charge in [-0.15, -0.1) is 11.3 Å². The maximum atomic E-state index is 12.3. The first-order valence-corrected chi connectivity index (χ1v) is 10.7. The van der Waals surface area contributed by atoms with Crippen LogP contribution in [0.3, 0.4) is 0 Å². The molecule has 0 atom stereocenters. The molecule has 3 rings (SSSR count). The smallest absolute Gasteiger partial charge is 0.279 e. The summed E-state index contributed by atoms with van der Waals surface area (Å²) in [5.74, 6) is -1.19. The monoisotopic (exact) mass is 481 g/mol. The van der Waals surface area contributed by atoms with Gasteiger partial charge in [-0.1, -0.05) is 0 Å². The number of sulfonamides is 1. The molecule has 0 spiro atoms. The maximum absolute atomic E-state index is 12.3. The lowest BCUT2D eigenvalue weighted by Crippen LogP contribution is -2.41. The minimum atomic E-state index is -3.71. The third-order valence-corrected chi connectivity index (χ3v) is 6.79. The third kappa shape index (κ3) is 4.91. The fourth-order valence-electron chi connectivity index (χ4n) is 2.00. The van der Waals surface area contributed by atoms with E-state index < -0.39 is 21.8 Å². The molecule has 9 nitrogen and oxygen atoms in total. The van der Waals surface area contributed by atoms with Gasteiger partial charge in [0, 0.05) is 23.6 Å². The molecule has 2 heterocycles. The van der Waals surface area contributed by atoms with Crippen LogP contribution in [0.4, 0.5) is 5.69 Å². The Labute approximate surface area is 172 Å². The van der Waals surface area contributed by atoms with Gasteiger partial charge in [0.05, 0.1) is 9.98 Å². The van der Waals surface area contributed by atoms with E-state index in [1.54, 1.807) is 6.07 Å². The number of thiophene rings is 1. The number of hydrogen-bond donors (Lipinski definition) is 3. The van der Waals surface area contributed by atoms with Gasteiger partial charge in [-0.25, -0.2) is 13.4 Å². The Balaban J connectivity index is 1.60. The molecule has 0 aliphatic carbocycles. The Bertz CT molecular complexity index is 1100. The second-order valence-corrected chi connectivity index (χ2v) is 9.61. The van der Waals surface area contributed by atoms with Crippen LogP contribution in [0, 0.1) is 0 Å². The summed E-state index contributed by atoms with van der Waals surface area (Å²) >= 11 is 4.30. The summed E-state index contributed by atoms with van der Waals surface area (Å²) in [5.41, 5.74) is 5.03. The fraction of sp³-hybridized carbons (Fsp3) is 0. The van der Waals surface area contributed by atoms with Gasteiger partial charge in [0.2, 0.25) is 0 Å². The van der Waals surface area contributed by atoms with Gasteiger partial charge in [-0.2, -0.15) is 0 Å². The van der Waals surface area contributed by atoms with Gasteiger partial charge < -0.3 is 0 Å². The normalized spacial score (nSPS) is 10.9. The maximum Gasteiger partial charge on any atom is 0.289 e. The van der Waals surface area contributed by atoms with Crippen molar-refractivity contribution in [3.8, 4) is 0 Å². The Kier molecular flexibility index (Phi) is 6.02. The van der Waals surface area contributed by atoms with Crippen LogP contribution in [-0.4, -0.2) is 30.2 Å². The molecule has 0 radical (unpaired) electrons. The highest BCUT2D eigenvalue weighted by molar-refractivity contribution is 9.11. The van der Waals surface area contributed by atoms with Gasteiger partial charge in [0.25, 0.3) is 21.8 Å². The van der Waals surface area contributed by atoms with Crippen molar-refractivity contribution < 1.29 is 18.0 Å². The summed E-state index contributed by atoms with van der Waals surface area (Å²) in [4.78, 5) is 31.5. The number of amides is 2. The number of nitrogens with zero attached hydrogens (tertiary/aromatic N) is 2. The summed E-state index contributed by atoms with van der Waals surface area (Å²) in [5, 5.41) is 0. The summed E-state index contributed by atoms with van der Waals surface area (Å²) in [6.45, 7) is 0. The van der Waals surface area contributed by atoms with Crippen LogP contribution in [0.2, 0.25) is 0 Å². The number of benzene rings is 1. The average Bonchev–Trinajstić information content (AvgIpc) is 3.14. The summed E-state index contributed by atoms with van der Waals surface area (Å²) in [6.07, 6.45) is 4.03. The molecule has 3 aromatic rings. The molecular formula is C16H12BrN5O4S2. The molecule has 0 saturated heterocycles. The molecule has 12 heteroatoms. The average molecular weight is 482 g/mol. The van der Waals surface area contributed by atoms with Crippen LogP contribution in [0.5, 0.6) is 0 Å². The van der Waals surface area contributed by atoms with Crippen LogP contribution in [0.25, 0.3) is 0 Å². The van der Waals surface area contributed by atoms with Crippen molar-refractivity contribution in [1.82, 2.24) is 20.8 Å². The number of hydrogen-bond acceptors (Lipinski definition) is 7. The Morgan fingerprint density at radius 1 is 0.964 bits per heavy atom. The number of aromatic nitrogens is 2. The number of rotatable bonds is 5. The van der Waals surface area contributed by atoms with E-state index >= 15 is 0 Å². The minimum Gasteiger partial charge on any atom is -0.279 e. The van der Waals surface area contributed by atoms with Crippen molar-refractivity contribution in [2.45, 2.75) is 4.21 Å². The van der Waals surface area contributed by atoms with Gasteiger partial charge in [0.15, 0.2) is 0 Å². The Morgan fingerprint density at radius 2 is 1.68 bits per heavy atom. The van der Waals surface area contributed by atoms with Crippen LogP contribution >= 0.6 is 27.3 Å². The highest BCUT2D eigenvalue weighted by atomic mass is 79.9. The number of carbonyl (C=O) groups is 2. The molecule has 2 aromatic heterocycles. The quantitative estimate of drug-likeness (QED) is 0.478. The molecule has 2 amide bonds. The van der Waals surface area contributed by atoms with Crippen molar-refractivity contribution in [2.24, 2.45) is 0 Å². The second kappa shape index (κ2) is 8.46. The Morgan fingerprint density at radius 3 is 2.29 bits per heavy atom. The zero-order valence-electron chi connectivity index (χ0n) is 13.9. The minimum absolute atomic E-state index is 0.0489. The van der Waals surface area contributed by atoms with Crippen molar-refractivity contribution >= 4 is 54.8 Å². The molecule has 1 aromatic carbocycles. The number of carbonyl (C=O) groups excluding carboxylic acids is 2. The first-order valence-electron chi connectivity index (χ1n) is 7.60. The lowest BCUT2D eigenvalue weighted by Gasteiger charge is -2.09. The standard InChI is InChI=1S/C16H12BrN5O4S2/c17-13-5-6-14(27-13)28(25,26)22-11-3-1-10(2-4-11)15(23)20-21-16(24)12-9-18-7-8-19-12/h1-9,22H,(H,20,23)(H,21,24). The molecule has 3 N–H and O–H groups in total. The third-order valence-electron chi connectivity index (χ3n) is 3.30. The van der Waals surface area contributed by atoms with E-state index in [0.29, 0.717) is 9.47 Å². The van der Waals surface area contributed by atoms with Crippen LogP contribution in [-0.2, 0) is 10.0 Å². The number of anilines is 1. The summed E-state index contributed by atoms with van der Waals surface area (Å²) in [7, 11) is -3.71. The number of halogens is 1. The van der Waals surface area contributed by atoms with E-state index in [0.717, 1.165) is 11.3 Å². The SMILES string of the molecule is O=C(NNC(=O)c1cnccn1)c1ccc(NS(=O)(=O)c2ccc(Br)s2)cc1. The predicted octanol–water partition coefficient (Wildman–Crippen LogP) is 2.18. The van der Waals surface area contributed by atoms with Crippen LogP contribution < -0.4 is 15.6 Å². The molecule has 0 saturated carbocycles. The van der Waals surface area contributed by atoms with Crippen molar-refractivity contribution in [3.05, 3.63) is 70.0 Å².